The average Bonchev–Trinajstić information content (AvgIpc) is 2.20. The molecule has 0 heterocycles. The van der Waals surface area contributed by atoms with Gasteiger partial charge in [0.15, 0.2) is 5.60 Å². The first kappa shape index (κ1) is 12.7. The van der Waals surface area contributed by atoms with Crippen molar-refractivity contribution < 1.29 is 15.0 Å². The molecule has 16 heavy (non-hydrogen) atoms. The molecule has 0 saturated heterocycles. The van der Waals surface area contributed by atoms with Crippen molar-refractivity contribution in [2.75, 3.05) is 6.54 Å². The SMILES string of the molecule is Cc1ccccc1CNCC(C)(O)C(=O)O. The van der Waals surface area contributed by atoms with Crippen LogP contribution in [0.2, 0.25) is 0 Å². The third-order valence-corrected chi connectivity index (χ3v) is 2.51. The maximum atomic E-state index is 10.6. The van der Waals surface area contributed by atoms with Crippen molar-refractivity contribution in [1.29, 1.82) is 0 Å². The number of carbonyl (C=O) groups is 1. The fraction of sp³-hybridized carbons (Fsp3) is 0.417. The van der Waals surface area contributed by atoms with Crippen LogP contribution in [0.1, 0.15) is 18.1 Å². The van der Waals surface area contributed by atoms with Crippen molar-refractivity contribution in [1.82, 2.24) is 5.32 Å². The Bertz CT molecular complexity index is 374. The van der Waals surface area contributed by atoms with Crippen LogP contribution in [0.25, 0.3) is 0 Å². The Kier molecular flexibility index (Phi) is 4.04. The number of aliphatic hydroxyl groups is 1. The number of benzene rings is 1. The fourth-order valence-corrected chi connectivity index (χ4v) is 1.32. The van der Waals surface area contributed by atoms with E-state index in [-0.39, 0.29) is 6.54 Å². The first-order chi connectivity index (χ1) is 7.43. The van der Waals surface area contributed by atoms with Crippen LogP contribution in [0, 0.1) is 6.92 Å². The number of hydrogen-bond acceptors (Lipinski definition) is 3. The maximum Gasteiger partial charge on any atom is 0.336 e. The van der Waals surface area contributed by atoms with Gasteiger partial charge < -0.3 is 15.5 Å². The number of rotatable bonds is 5. The Labute approximate surface area is 94.9 Å². The number of aryl methyl sites for hydroxylation is 1. The van der Waals surface area contributed by atoms with Crippen molar-refractivity contribution in [3.63, 3.8) is 0 Å². The summed E-state index contributed by atoms with van der Waals surface area (Å²) in [6, 6.07) is 7.84. The van der Waals surface area contributed by atoms with E-state index in [4.69, 9.17) is 5.11 Å². The van der Waals surface area contributed by atoms with E-state index in [1.54, 1.807) is 0 Å². The van der Waals surface area contributed by atoms with Gasteiger partial charge in [-0.2, -0.15) is 0 Å². The molecule has 0 aliphatic heterocycles. The quantitative estimate of drug-likeness (QED) is 0.694. The topological polar surface area (TPSA) is 69.6 Å². The van der Waals surface area contributed by atoms with Gasteiger partial charge in [0.1, 0.15) is 0 Å². The predicted molar refractivity (Wildman–Crippen MR) is 61.1 cm³/mol. The lowest BCUT2D eigenvalue weighted by Crippen LogP contribution is -2.44. The molecule has 1 unspecified atom stereocenters. The molecule has 0 amide bonds. The Morgan fingerprint density at radius 1 is 1.44 bits per heavy atom. The van der Waals surface area contributed by atoms with Crippen molar-refractivity contribution >= 4 is 5.97 Å². The molecule has 1 rings (SSSR count). The zero-order valence-corrected chi connectivity index (χ0v) is 9.53. The Hall–Kier alpha value is -1.39. The minimum atomic E-state index is -1.72. The van der Waals surface area contributed by atoms with E-state index in [0.717, 1.165) is 11.1 Å². The highest BCUT2D eigenvalue weighted by Crippen LogP contribution is 2.07. The molecule has 0 bridgehead atoms. The summed E-state index contributed by atoms with van der Waals surface area (Å²) in [5, 5.41) is 21.1. The second-order valence-corrected chi connectivity index (χ2v) is 4.11. The predicted octanol–water partition coefficient (Wildman–Crippen LogP) is 0.920. The minimum Gasteiger partial charge on any atom is -0.479 e. The molecule has 1 aromatic carbocycles. The average molecular weight is 223 g/mol. The maximum absolute atomic E-state index is 10.6. The van der Waals surface area contributed by atoms with E-state index < -0.39 is 11.6 Å². The highest BCUT2D eigenvalue weighted by Gasteiger charge is 2.28. The number of hydrogen-bond donors (Lipinski definition) is 3. The highest BCUT2D eigenvalue weighted by molar-refractivity contribution is 5.76. The molecule has 1 atom stereocenters. The zero-order valence-electron chi connectivity index (χ0n) is 9.53. The van der Waals surface area contributed by atoms with Gasteiger partial charge in [0.25, 0.3) is 0 Å². The highest BCUT2D eigenvalue weighted by atomic mass is 16.4. The lowest BCUT2D eigenvalue weighted by molar-refractivity contribution is -0.156. The molecule has 0 spiro atoms. The summed E-state index contributed by atoms with van der Waals surface area (Å²) >= 11 is 0. The van der Waals surface area contributed by atoms with E-state index in [2.05, 4.69) is 5.32 Å². The molecule has 0 aromatic heterocycles. The van der Waals surface area contributed by atoms with E-state index in [1.807, 2.05) is 31.2 Å². The Balaban J connectivity index is 2.48. The zero-order chi connectivity index (χ0) is 12.2. The molecule has 0 fully saturated rings. The number of carboxylic acid groups (broad SMARTS) is 1. The molecular formula is C12H17NO3. The van der Waals surface area contributed by atoms with Gasteiger partial charge in [-0.3, -0.25) is 0 Å². The van der Waals surface area contributed by atoms with Gasteiger partial charge in [-0.25, -0.2) is 4.79 Å². The van der Waals surface area contributed by atoms with Crippen molar-refractivity contribution in [2.45, 2.75) is 26.0 Å². The normalized spacial score (nSPS) is 14.4. The summed E-state index contributed by atoms with van der Waals surface area (Å²) in [5.74, 6) is -1.22. The summed E-state index contributed by atoms with van der Waals surface area (Å²) < 4.78 is 0. The molecule has 0 saturated carbocycles. The van der Waals surface area contributed by atoms with Gasteiger partial charge >= 0.3 is 5.97 Å². The summed E-state index contributed by atoms with van der Waals surface area (Å²) in [7, 11) is 0. The van der Waals surface area contributed by atoms with Crippen LogP contribution in [0.3, 0.4) is 0 Å². The lowest BCUT2D eigenvalue weighted by Gasteiger charge is -2.18. The fourth-order valence-electron chi connectivity index (χ4n) is 1.32. The third kappa shape index (κ3) is 3.32. The minimum absolute atomic E-state index is 0.0245. The first-order valence-corrected chi connectivity index (χ1v) is 5.14. The van der Waals surface area contributed by atoms with E-state index in [0.29, 0.717) is 6.54 Å². The molecule has 4 heteroatoms. The van der Waals surface area contributed by atoms with Crippen molar-refractivity contribution in [2.24, 2.45) is 0 Å². The van der Waals surface area contributed by atoms with Gasteiger partial charge in [0.05, 0.1) is 0 Å². The van der Waals surface area contributed by atoms with Crippen molar-refractivity contribution in [3.8, 4) is 0 Å². The molecule has 1 aromatic rings. The van der Waals surface area contributed by atoms with Crippen LogP contribution >= 0.6 is 0 Å². The molecule has 0 aliphatic rings. The molecular weight excluding hydrogens is 206 g/mol. The molecule has 4 nitrogen and oxygen atoms in total. The van der Waals surface area contributed by atoms with Gasteiger partial charge in [0, 0.05) is 13.1 Å². The largest absolute Gasteiger partial charge is 0.479 e. The summed E-state index contributed by atoms with van der Waals surface area (Å²) in [4.78, 5) is 10.6. The molecule has 3 N–H and O–H groups in total. The molecule has 88 valence electrons. The first-order valence-electron chi connectivity index (χ1n) is 5.14. The summed E-state index contributed by atoms with van der Waals surface area (Å²) in [6.07, 6.45) is 0. The monoisotopic (exact) mass is 223 g/mol. The number of carboxylic acids is 1. The van der Waals surface area contributed by atoms with Gasteiger partial charge in [-0.05, 0) is 25.0 Å². The van der Waals surface area contributed by atoms with Crippen LogP contribution in [0.5, 0.6) is 0 Å². The van der Waals surface area contributed by atoms with Crippen LogP contribution in [-0.2, 0) is 11.3 Å². The van der Waals surface area contributed by atoms with E-state index in [1.165, 1.54) is 6.92 Å². The van der Waals surface area contributed by atoms with Crippen LogP contribution in [0.4, 0.5) is 0 Å². The molecule has 0 radical (unpaired) electrons. The van der Waals surface area contributed by atoms with Gasteiger partial charge in [0.2, 0.25) is 0 Å². The summed E-state index contributed by atoms with van der Waals surface area (Å²) in [6.45, 7) is 3.85. The second-order valence-electron chi connectivity index (χ2n) is 4.11. The Morgan fingerprint density at radius 2 is 2.06 bits per heavy atom. The van der Waals surface area contributed by atoms with Crippen LogP contribution < -0.4 is 5.32 Å². The third-order valence-electron chi connectivity index (χ3n) is 2.51. The Morgan fingerprint density at radius 3 is 2.62 bits per heavy atom. The van der Waals surface area contributed by atoms with Crippen LogP contribution in [0.15, 0.2) is 24.3 Å². The number of nitrogens with one attached hydrogen (secondary N) is 1. The van der Waals surface area contributed by atoms with E-state index in [9.17, 15) is 9.90 Å². The van der Waals surface area contributed by atoms with Gasteiger partial charge in [-0.15, -0.1) is 0 Å². The van der Waals surface area contributed by atoms with Gasteiger partial charge in [-0.1, -0.05) is 24.3 Å². The summed E-state index contributed by atoms with van der Waals surface area (Å²) in [5.41, 5.74) is 0.525. The van der Waals surface area contributed by atoms with Crippen LogP contribution in [-0.4, -0.2) is 28.3 Å². The van der Waals surface area contributed by atoms with E-state index >= 15 is 0 Å². The lowest BCUT2D eigenvalue weighted by atomic mass is 10.1. The smallest absolute Gasteiger partial charge is 0.336 e. The second kappa shape index (κ2) is 5.09. The standard InChI is InChI=1S/C12H17NO3/c1-9-5-3-4-6-10(9)7-13-8-12(2,16)11(14)15/h3-6,13,16H,7-8H2,1-2H3,(H,14,15). The van der Waals surface area contributed by atoms with Crippen molar-refractivity contribution in [3.05, 3.63) is 35.4 Å². The number of aliphatic carboxylic acids is 1. The molecule has 0 aliphatic carbocycles.